The molecule has 5 rings (SSSR count). The Morgan fingerprint density at radius 1 is 0.912 bits per heavy atom. The highest BCUT2D eigenvalue weighted by Gasteiger charge is 2.12. The van der Waals surface area contributed by atoms with Gasteiger partial charge in [-0.05, 0) is 92.5 Å². The Hall–Kier alpha value is -2.93. The molecular weight excluding hydrogens is 578 g/mol. The molecule has 0 atom stereocenters. The van der Waals surface area contributed by atoms with E-state index in [0.29, 0.717) is 11.6 Å². The van der Waals surface area contributed by atoms with Crippen LogP contribution in [0.4, 0.5) is 0 Å². The van der Waals surface area contributed by atoms with Crippen molar-refractivity contribution < 1.29 is 4.74 Å². The van der Waals surface area contributed by atoms with E-state index in [-0.39, 0.29) is 0 Å². The molecule has 0 unspecified atom stereocenters. The first kappa shape index (κ1) is 22.8. The van der Waals surface area contributed by atoms with Gasteiger partial charge >= 0.3 is 0 Å². The van der Waals surface area contributed by atoms with Gasteiger partial charge in [-0.2, -0.15) is 5.10 Å². The molecule has 0 amide bonds. The lowest BCUT2D eigenvalue weighted by atomic mass is 10.1. The molecule has 168 valence electrons. The van der Waals surface area contributed by atoms with E-state index in [1.54, 1.807) is 0 Å². The van der Waals surface area contributed by atoms with Crippen LogP contribution >= 0.6 is 43.5 Å². The second-order valence-electron chi connectivity index (χ2n) is 7.58. The molecule has 7 heteroatoms. The molecule has 0 radical (unpaired) electrons. The number of aromatic nitrogens is 3. The van der Waals surface area contributed by atoms with Crippen molar-refractivity contribution in [1.29, 1.82) is 0 Å². The van der Waals surface area contributed by atoms with E-state index in [2.05, 4.69) is 49.0 Å². The lowest BCUT2D eigenvalue weighted by Gasteiger charge is -2.10. The second-order valence-corrected chi connectivity index (χ2v) is 10.8. The molecule has 3 aromatic carbocycles. The molecule has 0 saturated heterocycles. The molecule has 0 aliphatic rings. The molecule has 0 aliphatic heterocycles. The van der Waals surface area contributed by atoms with Crippen LogP contribution in [0.1, 0.15) is 11.4 Å². The Morgan fingerprint density at radius 2 is 1.68 bits per heavy atom. The molecular formula is C27H18Br2ClN3O. The van der Waals surface area contributed by atoms with Crippen molar-refractivity contribution in [2.24, 2.45) is 0 Å². The zero-order valence-electron chi connectivity index (χ0n) is 17.8. The Morgan fingerprint density at radius 3 is 2.44 bits per heavy atom. The molecule has 4 nitrogen and oxygen atoms in total. The summed E-state index contributed by atoms with van der Waals surface area (Å²) < 4.78 is 8.72. The minimum atomic E-state index is 0.399. The number of ether oxygens (including phenoxy) is 1. The normalized spacial score (nSPS) is 10.9. The van der Waals surface area contributed by atoms with Crippen molar-refractivity contribution in [3.8, 4) is 22.7 Å². The first-order valence-corrected chi connectivity index (χ1v) is 12.5. The molecule has 0 bridgehead atoms. The van der Waals surface area contributed by atoms with Crippen molar-refractivity contribution in [3.63, 3.8) is 0 Å². The highest BCUT2D eigenvalue weighted by molar-refractivity contribution is 9.28. The van der Waals surface area contributed by atoms with E-state index in [4.69, 9.17) is 21.4 Å². The summed E-state index contributed by atoms with van der Waals surface area (Å²) in [7, 11) is 0. The number of rotatable bonds is 6. The van der Waals surface area contributed by atoms with Crippen LogP contribution < -0.4 is 4.74 Å². The lowest BCUT2D eigenvalue weighted by molar-refractivity contribution is 0.302. The van der Waals surface area contributed by atoms with Crippen LogP contribution in [0.2, 0.25) is 5.02 Å². The predicted octanol–water partition coefficient (Wildman–Crippen LogP) is 8.41. The van der Waals surface area contributed by atoms with Crippen molar-refractivity contribution in [1.82, 2.24) is 14.8 Å². The van der Waals surface area contributed by atoms with Crippen LogP contribution in [-0.4, -0.2) is 14.8 Å². The number of nitrogens with zero attached hydrogens (tertiary/aromatic N) is 3. The summed E-state index contributed by atoms with van der Waals surface area (Å²) in [6.45, 7) is 0.399. The third-order valence-electron chi connectivity index (χ3n) is 5.25. The molecule has 2 heterocycles. The SMILES string of the molecule is Clc1ccc(-c2cc(C=C(Br)Br)nn2-c2ccc(OCc3ccc4ccccc4n3)cc2)cc1. The predicted molar refractivity (Wildman–Crippen MR) is 146 cm³/mol. The maximum atomic E-state index is 6.09. The fourth-order valence-electron chi connectivity index (χ4n) is 3.63. The van der Waals surface area contributed by atoms with Gasteiger partial charge in [-0.25, -0.2) is 9.67 Å². The summed E-state index contributed by atoms with van der Waals surface area (Å²) in [5, 5.41) is 6.58. The van der Waals surface area contributed by atoms with Crippen LogP contribution in [-0.2, 0) is 6.61 Å². The molecule has 2 aromatic heterocycles. The molecule has 5 aromatic rings. The number of hydrogen-bond donors (Lipinski definition) is 0. The highest BCUT2D eigenvalue weighted by Crippen LogP contribution is 2.28. The smallest absolute Gasteiger partial charge is 0.130 e. The Kier molecular flexibility index (Phi) is 6.81. The third-order valence-corrected chi connectivity index (χ3v) is 5.96. The fourth-order valence-corrected chi connectivity index (χ4v) is 4.23. The number of para-hydroxylation sites is 1. The van der Waals surface area contributed by atoms with Crippen LogP contribution in [0.5, 0.6) is 5.75 Å². The number of pyridine rings is 1. The van der Waals surface area contributed by atoms with Gasteiger partial charge in [-0.1, -0.05) is 48.0 Å². The van der Waals surface area contributed by atoms with Crippen molar-refractivity contribution >= 4 is 60.4 Å². The van der Waals surface area contributed by atoms with Gasteiger partial charge in [0, 0.05) is 16.0 Å². The molecule has 0 N–H and O–H groups in total. The second kappa shape index (κ2) is 10.1. The average Bonchev–Trinajstić information content (AvgIpc) is 3.26. The minimum Gasteiger partial charge on any atom is -0.487 e. The Bertz CT molecular complexity index is 1470. The number of benzene rings is 3. The summed E-state index contributed by atoms with van der Waals surface area (Å²) in [6, 6.07) is 29.8. The largest absolute Gasteiger partial charge is 0.487 e. The van der Waals surface area contributed by atoms with E-state index in [9.17, 15) is 0 Å². The van der Waals surface area contributed by atoms with Crippen LogP contribution in [0.15, 0.2) is 94.4 Å². The van der Waals surface area contributed by atoms with E-state index < -0.39 is 0 Å². The van der Waals surface area contributed by atoms with Gasteiger partial charge in [0.25, 0.3) is 0 Å². The Balaban J connectivity index is 1.39. The molecule has 0 fully saturated rings. The van der Waals surface area contributed by atoms with Gasteiger partial charge in [0.2, 0.25) is 0 Å². The van der Waals surface area contributed by atoms with Gasteiger partial charge < -0.3 is 4.74 Å². The zero-order chi connectivity index (χ0) is 23.5. The van der Waals surface area contributed by atoms with Gasteiger partial charge in [0.05, 0.1) is 31.7 Å². The summed E-state index contributed by atoms with van der Waals surface area (Å²) >= 11 is 12.9. The lowest BCUT2D eigenvalue weighted by Crippen LogP contribution is -2.01. The monoisotopic (exact) mass is 593 g/mol. The van der Waals surface area contributed by atoms with Crippen molar-refractivity contribution in [3.05, 3.63) is 111 Å². The number of hydrogen-bond acceptors (Lipinski definition) is 3. The van der Waals surface area contributed by atoms with Crippen molar-refractivity contribution in [2.75, 3.05) is 0 Å². The summed E-state index contributed by atoms with van der Waals surface area (Å²) in [5.74, 6) is 0.766. The van der Waals surface area contributed by atoms with E-state index >= 15 is 0 Å². The van der Waals surface area contributed by atoms with Crippen LogP contribution in [0.3, 0.4) is 0 Å². The number of fused-ring (bicyclic) bond motifs is 1. The maximum absolute atomic E-state index is 6.09. The summed E-state index contributed by atoms with van der Waals surface area (Å²) in [6.07, 6.45) is 1.91. The fraction of sp³-hybridized carbons (Fsp3) is 0.0370. The first-order valence-electron chi connectivity index (χ1n) is 10.5. The summed E-state index contributed by atoms with van der Waals surface area (Å²) in [4.78, 5) is 4.67. The quantitative estimate of drug-likeness (QED) is 0.198. The average molecular weight is 596 g/mol. The van der Waals surface area contributed by atoms with Crippen LogP contribution in [0, 0.1) is 0 Å². The first-order chi connectivity index (χ1) is 16.5. The van der Waals surface area contributed by atoms with Gasteiger partial charge in [0.15, 0.2) is 0 Å². The van der Waals surface area contributed by atoms with Gasteiger partial charge in [-0.15, -0.1) is 0 Å². The number of halogens is 3. The van der Waals surface area contributed by atoms with E-state index in [1.807, 2.05) is 89.6 Å². The van der Waals surface area contributed by atoms with Gasteiger partial charge in [-0.3, -0.25) is 0 Å². The van der Waals surface area contributed by atoms with E-state index in [1.165, 1.54) is 0 Å². The van der Waals surface area contributed by atoms with Crippen LogP contribution in [0.25, 0.3) is 33.9 Å². The minimum absolute atomic E-state index is 0.399. The zero-order valence-corrected chi connectivity index (χ0v) is 21.8. The molecule has 34 heavy (non-hydrogen) atoms. The third kappa shape index (κ3) is 5.25. The molecule has 0 aliphatic carbocycles. The summed E-state index contributed by atoms with van der Waals surface area (Å²) in [5.41, 5.74) is 5.56. The maximum Gasteiger partial charge on any atom is 0.130 e. The molecule has 0 spiro atoms. The van der Waals surface area contributed by atoms with Crippen molar-refractivity contribution in [2.45, 2.75) is 6.61 Å². The highest BCUT2D eigenvalue weighted by atomic mass is 79.9. The molecule has 0 saturated carbocycles. The standard InChI is InChI=1S/C27H18Br2ClN3O/c28-27(29)16-22-15-26(19-5-8-20(30)9-6-19)33(32-22)23-11-13-24(14-12-23)34-17-21-10-7-18-3-1-2-4-25(18)31-21/h1-16H,17H2. The Labute approximate surface area is 219 Å². The van der Waals surface area contributed by atoms with E-state index in [0.717, 1.165) is 48.4 Å². The van der Waals surface area contributed by atoms with Gasteiger partial charge in [0.1, 0.15) is 12.4 Å². The topological polar surface area (TPSA) is 39.9 Å².